The molecule has 76 valence electrons. The van der Waals surface area contributed by atoms with E-state index in [9.17, 15) is 4.39 Å². The molecule has 0 aromatic heterocycles. The topological polar surface area (TPSA) is 0 Å². The van der Waals surface area contributed by atoms with Crippen LogP contribution < -0.4 is 0 Å². The molecule has 2 fully saturated rings. The first-order valence-electron chi connectivity index (χ1n) is 5.60. The van der Waals surface area contributed by atoms with Crippen molar-refractivity contribution in [2.45, 2.75) is 59.0 Å². The molecule has 3 atom stereocenters. The van der Waals surface area contributed by atoms with E-state index in [2.05, 4.69) is 20.8 Å². The predicted octanol–water partition coefficient (Wildman–Crippen LogP) is 3.95. The van der Waals surface area contributed by atoms with Gasteiger partial charge in [-0.2, -0.15) is 0 Å². The lowest BCUT2D eigenvalue weighted by molar-refractivity contribution is -0.0904. The summed E-state index contributed by atoms with van der Waals surface area (Å²) in [6.45, 7) is 6.54. The number of halogens is 1. The summed E-state index contributed by atoms with van der Waals surface area (Å²) >= 11 is 0. The van der Waals surface area contributed by atoms with Gasteiger partial charge in [0, 0.05) is 5.41 Å². The Morgan fingerprint density at radius 1 is 1.23 bits per heavy atom. The first-order valence-corrected chi connectivity index (χ1v) is 5.60. The lowest BCUT2D eigenvalue weighted by Gasteiger charge is -2.55. The lowest BCUT2D eigenvalue weighted by Crippen LogP contribution is -2.50. The Morgan fingerprint density at radius 3 is 2.62 bits per heavy atom. The van der Waals surface area contributed by atoms with Gasteiger partial charge in [-0.25, -0.2) is 4.39 Å². The van der Waals surface area contributed by atoms with Crippen molar-refractivity contribution in [2.75, 3.05) is 0 Å². The van der Waals surface area contributed by atoms with Crippen LogP contribution in [0, 0.1) is 16.7 Å². The Kier molecular flexibility index (Phi) is 1.98. The highest BCUT2D eigenvalue weighted by Gasteiger charge is 2.52. The minimum atomic E-state index is -0.573. The van der Waals surface area contributed by atoms with Gasteiger partial charge in [0.2, 0.25) is 0 Å². The molecular weight excluding hydrogens is 163 g/mol. The summed E-state index contributed by atoms with van der Waals surface area (Å²) in [6, 6.07) is 0. The van der Waals surface area contributed by atoms with E-state index in [1.807, 2.05) is 0 Å². The molecule has 3 unspecified atom stereocenters. The van der Waals surface area contributed by atoms with Gasteiger partial charge < -0.3 is 0 Å². The molecule has 0 spiro atoms. The summed E-state index contributed by atoms with van der Waals surface area (Å²) in [6.07, 6.45) is 5.33. The van der Waals surface area contributed by atoms with Gasteiger partial charge in [-0.05, 0) is 30.6 Å². The summed E-state index contributed by atoms with van der Waals surface area (Å²) in [5, 5.41) is 0. The maximum Gasteiger partial charge on any atom is 0.106 e. The van der Waals surface area contributed by atoms with E-state index in [0.29, 0.717) is 5.92 Å². The summed E-state index contributed by atoms with van der Waals surface area (Å²) in [5.74, 6) is 0.682. The summed E-state index contributed by atoms with van der Waals surface area (Å²) in [5.41, 5.74) is 0.178. The van der Waals surface area contributed by atoms with Crippen LogP contribution in [0.1, 0.15) is 52.9 Å². The molecule has 0 heterocycles. The molecule has 2 rings (SSSR count). The SMILES string of the molecule is CC12CCCC(CC(F)C1(C)C)C2. The Bertz CT molecular complexity index is 209. The van der Waals surface area contributed by atoms with Crippen LogP contribution in [0.25, 0.3) is 0 Å². The monoisotopic (exact) mass is 184 g/mol. The normalized spacial score (nSPS) is 48.9. The van der Waals surface area contributed by atoms with Gasteiger partial charge in [-0.15, -0.1) is 0 Å². The van der Waals surface area contributed by atoms with Crippen LogP contribution in [-0.2, 0) is 0 Å². The van der Waals surface area contributed by atoms with E-state index < -0.39 is 6.17 Å². The molecule has 0 amide bonds. The van der Waals surface area contributed by atoms with Crippen LogP contribution in [0.5, 0.6) is 0 Å². The van der Waals surface area contributed by atoms with Crippen molar-refractivity contribution in [3.05, 3.63) is 0 Å². The summed E-state index contributed by atoms with van der Waals surface area (Å²) < 4.78 is 13.9. The van der Waals surface area contributed by atoms with Crippen LogP contribution in [0.15, 0.2) is 0 Å². The van der Waals surface area contributed by atoms with Gasteiger partial charge >= 0.3 is 0 Å². The summed E-state index contributed by atoms with van der Waals surface area (Å²) in [4.78, 5) is 0. The van der Waals surface area contributed by atoms with Crippen LogP contribution in [0.2, 0.25) is 0 Å². The maximum absolute atomic E-state index is 13.9. The van der Waals surface area contributed by atoms with E-state index in [1.165, 1.54) is 25.7 Å². The maximum atomic E-state index is 13.9. The third-order valence-corrected chi connectivity index (χ3v) is 4.96. The molecule has 0 N–H and O–H groups in total. The standard InChI is InChI=1S/C12H21F/c1-11(2)10(13)7-9-5-4-6-12(11,3)8-9/h9-10H,4-8H2,1-3H3. The third kappa shape index (κ3) is 1.23. The minimum absolute atomic E-state index is 0.0933. The largest absolute Gasteiger partial charge is 0.247 e. The highest BCUT2D eigenvalue weighted by Crippen LogP contribution is 2.59. The van der Waals surface area contributed by atoms with Crippen molar-refractivity contribution in [3.63, 3.8) is 0 Å². The first-order chi connectivity index (χ1) is 5.96. The highest BCUT2D eigenvalue weighted by atomic mass is 19.1. The molecule has 13 heavy (non-hydrogen) atoms. The molecule has 2 bridgehead atoms. The fourth-order valence-corrected chi connectivity index (χ4v) is 3.37. The number of rotatable bonds is 0. The van der Waals surface area contributed by atoms with Crippen LogP contribution in [-0.4, -0.2) is 6.17 Å². The minimum Gasteiger partial charge on any atom is -0.247 e. The van der Waals surface area contributed by atoms with Gasteiger partial charge in [0.25, 0.3) is 0 Å². The number of hydrogen-bond acceptors (Lipinski definition) is 0. The van der Waals surface area contributed by atoms with Crippen molar-refractivity contribution < 1.29 is 4.39 Å². The first kappa shape index (κ1) is 9.48. The smallest absolute Gasteiger partial charge is 0.106 e. The van der Waals surface area contributed by atoms with E-state index in [-0.39, 0.29) is 10.8 Å². The quantitative estimate of drug-likeness (QED) is 0.534. The van der Waals surface area contributed by atoms with E-state index in [4.69, 9.17) is 0 Å². The van der Waals surface area contributed by atoms with Gasteiger partial charge in [-0.1, -0.05) is 33.6 Å². The second-order valence-corrected chi connectivity index (χ2v) is 5.95. The Hall–Kier alpha value is -0.0700. The predicted molar refractivity (Wildman–Crippen MR) is 53.4 cm³/mol. The zero-order valence-electron chi connectivity index (χ0n) is 9.07. The van der Waals surface area contributed by atoms with Gasteiger partial charge in [-0.3, -0.25) is 0 Å². The molecule has 0 nitrogen and oxygen atoms in total. The van der Waals surface area contributed by atoms with Crippen LogP contribution >= 0.6 is 0 Å². The molecule has 0 aromatic carbocycles. The molecule has 0 aromatic rings. The number of alkyl halides is 1. The number of fused-ring (bicyclic) bond motifs is 2. The molecule has 2 aliphatic carbocycles. The van der Waals surface area contributed by atoms with Crippen LogP contribution in [0.4, 0.5) is 4.39 Å². The van der Waals surface area contributed by atoms with E-state index >= 15 is 0 Å². The molecule has 1 heteroatoms. The van der Waals surface area contributed by atoms with Crippen molar-refractivity contribution in [1.29, 1.82) is 0 Å². The molecule has 0 saturated heterocycles. The van der Waals surface area contributed by atoms with Crippen molar-refractivity contribution >= 4 is 0 Å². The van der Waals surface area contributed by atoms with Crippen LogP contribution in [0.3, 0.4) is 0 Å². The van der Waals surface area contributed by atoms with Crippen molar-refractivity contribution in [1.82, 2.24) is 0 Å². The van der Waals surface area contributed by atoms with Crippen molar-refractivity contribution in [3.8, 4) is 0 Å². The average Bonchev–Trinajstić information content (AvgIpc) is 2.02. The van der Waals surface area contributed by atoms with Gasteiger partial charge in [0.1, 0.15) is 6.17 Å². The zero-order chi connectivity index (χ0) is 9.69. The molecule has 2 saturated carbocycles. The van der Waals surface area contributed by atoms with Crippen molar-refractivity contribution in [2.24, 2.45) is 16.7 Å². The van der Waals surface area contributed by atoms with Gasteiger partial charge in [0.15, 0.2) is 0 Å². The second-order valence-electron chi connectivity index (χ2n) is 5.95. The fourth-order valence-electron chi connectivity index (χ4n) is 3.37. The highest BCUT2D eigenvalue weighted by molar-refractivity contribution is 5.02. The third-order valence-electron chi connectivity index (χ3n) is 4.96. The Morgan fingerprint density at radius 2 is 1.92 bits per heavy atom. The average molecular weight is 184 g/mol. The fraction of sp³-hybridized carbons (Fsp3) is 1.00. The molecule has 0 aliphatic heterocycles. The van der Waals surface area contributed by atoms with E-state index in [1.54, 1.807) is 0 Å². The number of hydrogen-bond donors (Lipinski definition) is 0. The van der Waals surface area contributed by atoms with Gasteiger partial charge in [0.05, 0.1) is 0 Å². The lowest BCUT2D eigenvalue weighted by atomic mass is 9.51. The Balaban J connectivity index is 2.28. The molecular formula is C12H21F. The Labute approximate surface area is 80.9 Å². The summed E-state index contributed by atoms with van der Waals surface area (Å²) in [7, 11) is 0. The molecule has 0 radical (unpaired) electrons. The second kappa shape index (κ2) is 2.71. The molecule has 2 aliphatic rings. The van der Waals surface area contributed by atoms with E-state index in [0.717, 1.165) is 6.42 Å². The zero-order valence-corrected chi connectivity index (χ0v) is 9.07.